The van der Waals surface area contributed by atoms with Crippen LogP contribution >= 0.6 is 27.5 Å². The van der Waals surface area contributed by atoms with Gasteiger partial charge in [0.2, 0.25) is 0 Å². The molecule has 1 atom stereocenters. The molecule has 9 heteroatoms. The number of fused-ring (bicyclic) bond motifs is 1. The van der Waals surface area contributed by atoms with Crippen LogP contribution in [0.15, 0.2) is 56.1 Å². The van der Waals surface area contributed by atoms with Gasteiger partial charge in [-0.15, -0.1) is 0 Å². The fraction of sp³-hybridized carbons (Fsp3) is 0.158. The molecule has 1 aromatic heterocycles. The molecule has 1 unspecified atom stereocenters. The maximum absolute atomic E-state index is 12.4. The molecule has 0 spiro atoms. The average molecular weight is 470 g/mol. The van der Waals surface area contributed by atoms with Crippen LogP contribution in [0.1, 0.15) is 0 Å². The molecule has 0 saturated carbocycles. The lowest BCUT2D eigenvalue weighted by Gasteiger charge is -2.15. The molecule has 0 amide bonds. The number of hydrogen-bond acceptors (Lipinski definition) is 6. The fourth-order valence-corrected chi connectivity index (χ4v) is 3.02. The first-order valence-electron chi connectivity index (χ1n) is 8.01. The molecule has 3 rings (SSSR count). The summed E-state index contributed by atoms with van der Waals surface area (Å²) in [5, 5.41) is 18.9. The molecule has 3 aromatic rings. The van der Waals surface area contributed by atoms with Crippen molar-refractivity contribution in [1.29, 1.82) is 0 Å². The Morgan fingerprint density at radius 1 is 1.25 bits per heavy atom. The summed E-state index contributed by atoms with van der Waals surface area (Å²) in [6.45, 7) is -0.983. The Kier molecular flexibility index (Phi) is 6.35. The number of halogens is 2. The van der Waals surface area contributed by atoms with Gasteiger partial charge in [-0.05, 0) is 30.3 Å². The number of carboxylic acid groups (broad SMARTS) is 1. The molecule has 0 aliphatic carbocycles. The minimum atomic E-state index is -1.44. The summed E-state index contributed by atoms with van der Waals surface area (Å²) >= 11 is 9.47. The summed E-state index contributed by atoms with van der Waals surface area (Å²) in [7, 11) is 0. The zero-order valence-corrected chi connectivity index (χ0v) is 16.6. The van der Waals surface area contributed by atoms with Crippen molar-refractivity contribution < 1.29 is 28.9 Å². The van der Waals surface area contributed by atoms with Crippen LogP contribution in [0, 0.1) is 0 Å². The summed E-state index contributed by atoms with van der Waals surface area (Å²) in [6, 6.07) is 11.2. The molecule has 28 heavy (non-hydrogen) atoms. The van der Waals surface area contributed by atoms with E-state index in [9.17, 15) is 14.7 Å². The number of aliphatic carboxylic acids is 1. The summed E-state index contributed by atoms with van der Waals surface area (Å²) in [4.78, 5) is 22.9. The van der Waals surface area contributed by atoms with E-state index in [1.807, 2.05) is 0 Å². The normalized spacial score (nSPS) is 12.1. The lowest BCUT2D eigenvalue weighted by atomic mass is 10.1. The van der Waals surface area contributed by atoms with Crippen molar-refractivity contribution in [2.45, 2.75) is 6.29 Å². The highest BCUT2D eigenvalue weighted by Gasteiger charge is 2.16. The number of aliphatic hydroxyl groups excluding tert-OH is 1. The van der Waals surface area contributed by atoms with E-state index in [1.54, 1.807) is 36.4 Å². The standard InChI is InChI=1S/C19H14BrClO7/c20-10-4-5-12(15(6-10)26-9-18(25)27-8-17(23)24)16-7-14(22)11-2-1-3-13(21)19(11)28-16/h1-7,18,25H,8-9H2,(H,23,24). The number of para-hydroxylation sites is 1. The van der Waals surface area contributed by atoms with Crippen LogP contribution in [0.5, 0.6) is 5.75 Å². The van der Waals surface area contributed by atoms with Crippen LogP contribution in [0.3, 0.4) is 0 Å². The first kappa shape index (κ1) is 20.3. The summed E-state index contributed by atoms with van der Waals surface area (Å²) in [5.41, 5.74) is 0.440. The lowest BCUT2D eigenvalue weighted by Crippen LogP contribution is -2.24. The maximum Gasteiger partial charge on any atom is 0.329 e. The second-order valence-electron chi connectivity index (χ2n) is 5.70. The van der Waals surface area contributed by atoms with E-state index < -0.39 is 18.9 Å². The van der Waals surface area contributed by atoms with E-state index in [0.29, 0.717) is 26.2 Å². The number of carbonyl (C=O) groups is 1. The molecule has 0 aliphatic heterocycles. The summed E-state index contributed by atoms with van der Waals surface area (Å²) in [6.07, 6.45) is -1.44. The third-order valence-electron chi connectivity index (χ3n) is 3.70. The van der Waals surface area contributed by atoms with Crippen LogP contribution in [0.2, 0.25) is 5.02 Å². The van der Waals surface area contributed by atoms with Gasteiger partial charge in [-0.2, -0.15) is 0 Å². The van der Waals surface area contributed by atoms with Crippen LogP contribution < -0.4 is 10.2 Å². The van der Waals surface area contributed by atoms with Crippen molar-refractivity contribution in [3.8, 4) is 17.1 Å². The van der Waals surface area contributed by atoms with Gasteiger partial charge in [0, 0.05) is 10.5 Å². The van der Waals surface area contributed by atoms with Gasteiger partial charge in [0.15, 0.2) is 17.3 Å². The molecule has 1 heterocycles. The molecule has 146 valence electrons. The van der Waals surface area contributed by atoms with Gasteiger partial charge in [0.1, 0.15) is 24.7 Å². The Hall–Kier alpha value is -2.39. The third-order valence-corrected chi connectivity index (χ3v) is 4.49. The monoisotopic (exact) mass is 468 g/mol. The van der Waals surface area contributed by atoms with E-state index in [2.05, 4.69) is 15.9 Å². The number of ether oxygens (including phenoxy) is 2. The van der Waals surface area contributed by atoms with Crippen molar-refractivity contribution >= 4 is 44.5 Å². The minimum Gasteiger partial charge on any atom is -0.487 e. The molecule has 0 aliphatic rings. The molecular formula is C19H14BrClO7. The molecule has 2 aromatic carbocycles. The highest BCUT2D eigenvalue weighted by molar-refractivity contribution is 9.10. The van der Waals surface area contributed by atoms with E-state index in [4.69, 9.17) is 30.6 Å². The van der Waals surface area contributed by atoms with Gasteiger partial charge >= 0.3 is 5.97 Å². The van der Waals surface area contributed by atoms with E-state index in [-0.39, 0.29) is 23.4 Å². The molecule has 0 radical (unpaired) electrons. The molecule has 0 saturated heterocycles. The Morgan fingerprint density at radius 3 is 2.79 bits per heavy atom. The summed E-state index contributed by atoms with van der Waals surface area (Å²) < 4.78 is 16.8. The zero-order valence-electron chi connectivity index (χ0n) is 14.2. The Morgan fingerprint density at radius 2 is 2.04 bits per heavy atom. The van der Waals surface area contributed by atoms with Gasteiger partial charge < -0.3 is 24.1 Å². The zero-order chi connectivity index (χ0) is 20.3. The fourth-order valence-electron chi connectivity index (χ4n) is 2.47. The van der Waals surface area contributed by atoms with Crippen molar-refractivity contribution in [3.05, 3.63) is 62.2 Å². The highest BCUT2D eigenvalue weighted by Crippen LogP contribution is 2.34. The van der Waals surface area contributed by atoms with Gasteiger partial charge in [0.25, 0.3) is 0 Å². The highest BCUT2D eigenvalue weighted by atomic mass is 79.9. The van der Waals surface area contributed by atoms with Gasteiger partial charge in [-0.3, -0.25) is 4.79 Å². The maximum atomic E-state index is 12.4. The Balaban J connectivity index is 1.95. The van der Waals surface area contributed by atoms with Crippen LogP contribution in [0.25, 0.3) is 22.3 Å². The number of hydrogen-bond donors (Lipinski definition) is 2. The predicted molar refractivity (Wildman–Crippen MR) is 106 cm³/mol. The third kappa shape index (κ3) is 4.71. The van der Waals surface area contributed by atoms with E-state index in [0.717, 1.165) is 0 Å². The van der Waals surface area contributed by atoms with Gasteiger partial charge in [-0.1, -0.05) is 33.6 Å². The van der Waals surface area contributed by atoms with Crippen LogP contribution in [-0.2, 0) is 9.53 Å². The van der Waals surface area contributed by atoms with E-state index >= 15 is 0 Å². The minimum absolute atomic E-state index is 0.231. The number of carboxylic acids is 1. The Labute approximate surface area is 172 Å². The predicted octanol–water partition coefficient (Wildman–Crippen LogP) is 3.67. The van der Waals surface area contributed by atoms with Crippen LogP contribution in [-0.4, -0.2) is 35.7 Å². The van der Waals surface area contributed by atoms with Crippen molar-refractivity contribution in [2.75, 3.05) is 13.2 Å². The topological polar surface area (TPSA) is 106 Å². The lowest BCUT2D eigenvalue weighted by molar-refractivity contribution is -0.160. The summed E-state index contributed by atoms with van der Waals surface area (Å²) in [5.74, 6) is -0.687. The molecule has 2 N–H and O–H groups in total. The van der Waals surface area contributed by atoms with Gasteiger partial charge in [0.05, 0.1) is 16.0 Å². The molecule has 7 nitrogen and oxygen atoms in total. The van der Waals surface area contributed by atoms with Crippen LogP contribution in [0.4, 0.5) is 0 Å². The van der Waals surface area contributed by atoms with Crippen molar-refractivity contribution in [2.24, 2.45) is 0 Å². The number of benzene rings is 2. The number of rotatable bonds is 7. The smallest absolute Gasteiger partial charge is 0.329 e. The van der Waals surface area contributed by atoms with Crippen molar-refractivity contribution in [1.82, 2.24) is 0 Å². The second-order valence-corrected chi connectivity index (χ2v) is 7.03. The molecule has 0 bridgehead atoms. The van der Waals surface area contributed by atoms with E-state index in [1.165, 1.54) is 6.07 Å². The number of aliphatic hydroxyl groups is 1. The molecular weight excluding hydrogens is 456 g/mol. The van der Waals surface area contributed by atoms with Gasteiger partial charge in [-0.25, -0.2) is 4.79 Å². The first-order chi connectivity index (χ1) is 13.3. The van der Waals surface area contributed by atoms with Crippen molar-refractivity contribution in [3.63, 3.8) is 0 Å². The SMILES string of the molecule is O=C(O)COC(O)COc1cc(Br)ccc1-c1cc(=O)c2cccc(Cl)c2o1. The molecule has 0 fully saturated rings. The first-order valence-corrected chi connectivity index (χ1v) is 9.19. The quantitative estimate of drug-likeness (QED) is 0.508. The second kappa shape index (κ2) is 8.74. The Bertz CT molecular complexity index is 1080. The average Bonchev–Trinajstić information content (AvgIpc) is 2.65. The largest absolute Gasteiger partial charge is 0.487 e.